The van der Waals surface area contributed by atoms with Gasteiger partial charge in [0.15, 0.2) is 0 Å². The molecule has 0 aliphatic heterocycles. The topological polar surface area (TPSA) is 81.2 Å². The fourth-order valence-electron chi connectivity index (χ4n) is 2.81. The lowest BCUT2D eigenvalue weighted by molar-refractivity contribution is -0.384. The van der Waals surface area contributed by atoms with E-state index in [-0.39, 0.29) is 16.7 Å². The van der Waals surface area contributed by atoms with E-state index < -0.39 is 0 Å². The molecule has 0 spiro atoms. The lowest BCUT2D eigenvalue weighted by Gasteiger charge is -2.25. The fourth-order valence-corrected chi connectivity index (χ4v) is 2.81. The SMILES string of the molecule is Cc1ccc([N+](=O)[O-])cc1NC(CN)C1CCCC1. The third kappa shape index (κ3) is 3.23. The van der Waals surface area contributed by atoms with E-state index in [1.54, 1.807) is 12.1 Å². The van der Waals surface area contributed by atoms with E-state index in [0.717, 1.165) is 11.3 Å². The normalized spacial score (nSPS) is 17.4. The Labute approximate surface area is 113 Å². The summed E-state index contributed by atoms with van der Waals surface area (Å²) in [4.78, 5) is 10.5. The van der Waals surface area contributed by atoms with Crippen molar-refractivity contribution in [3.63, 3.8) is 0 Å². The van der Waals surface area contributed by atoms with Gasteiger partial charge in [0.2, 0.25) is 0 Å². The maximum atomic E-state index is 10.8. The predicted octanol–water partition coefficient (Wildman–Crippen LogP) is 2.83. The Bertz CT molecular complexity index is 456. The second kappa shape index (κ2) is 6.02. The first kappa shape index (κ1) is 13.8. The van der Waals surface area contributed by atoms with Crippen LogP contribution in [0.4, 0.5) is 11.4 Å². The first-order chi connectivity index (χ1) is 9.11. The molecule has 0 radical (unpaired) electrons. The smallest absolute Gasteiger partial charge is 0.271 e. The lowest BCUT2D eigenvalue weighted by atomic mass is 9.97. The van der Waals surface area contributed by atoms with E-state index in [2.05, 4.69) is 5.32 Å². The van der Waals surface area contributed by atoms with Crippen LogP contribution in [0.25, 0.3) is 0 Å². The number of non-ortho nitro benzene ring substituents is 1. The molecule has 1 aromatic rings. The van der Waals surface area contributed by atoms with Crippen LogP contribution in [0.15, 0.2) is 18.2 Å². The van der Waals surface area contributed by atoms with Crippen LogP contribution >= 0.6 is 0 Å². The maximum Gasteiger partial charge on any atom is 0.271 e. The van der Waals surface area contributed by atoms with Gasteiger partial charge in [0.25, 0.3) is 5.69 Å². The Morgan fingerprint density at radius 2 is 2.16 bits per heavy atom. The highest BCUT2D eigenvalue weighted by Gasteiger charge is 2.24. The zero-order valence-corrected chi connectivity index (χ0v) is 11.3. The van der Waals surface area contributed by atoms with Crippen molar-refractivity contribution >= 4 is 11.4 Å². The van der Waals surface area contributed by atoms with Crippen molar-refractivity contribution < 1.29 is 4.92 Å². The number of hydrogen-bond donors (Lipinski definition) is 2. The number of aryl methyl sites for hydroxylation is 1. The van der Waals surface area contributed by atoms with Crippen LogP contribution in [0.1, 0.15) is 31.2 Å². The Kier molecular flexibility index (Phi) is 4.37. The second-order valence-corrected chi connectivity index (χ2v) is 5.29. The summed E-state index contributed by atoms with van der Waals surface area (Å²) in [5.41, 5.74) is 7.82. The number of rotatable bonds is 5. The highest BCUT2D eigenvalue weighted by atomic mass is 16.6. The van der Waals surface area contributed by atoms with E-state index in [0.29, 0.717) is 12.5 Å². The molecule has 5 nitrogen and oxygen atoms in total. The van der Waals surface area contributed by atoms with Crippen molar-refractivity contribution in [2.24, 2.45) is 11.7 Å². The Morgan fingerprint density at radius 3 is 2.74 bits per heavy atom. The van der Waals surface area contributed by atoms with E-state index in [4.69, 9.17) is 5.73 Å². The van der Waals surface area contributed by atoms with Crippen LogP contribution in [-0.2, 0) is 0 Å². The highest BCUT2D eigenvalue weighted by molar-refractivity contribution is 5.57. The van der Waals surface area contributed by atoms with Gasteiger partial charge < -0.3 is 11.1 Å². The molecular weight excluding hydrogens is 242 g/mol. The fraction of sp³-hybridized carbons (Fsp3) is 0.571. The van der Waals surface area contributed by atoms with Crippen molar-refractivity contribution in [2.75, 3.05) is 11.9 Å². The van der Waals surface area contributed by atoms with Gasteiger partial charge in [-0.15, -0.1) is 0 Å². The van der Waals surface area contributed by atoms with Crippen LogP contribution < -0.4 is 11.1 Å². The molecule has 1 saturated carbocycles. The minimum absolute atomic E-state index is 0.121. The van der Waals surface area contributed by atoms with Crippen molar-refractivity contribution in [1.82, 2.24) is 0 Å². The lowest BCUT2D eigenvalue weighted by Crippen LogP contribution is -2.35. The molecule has 0 aromatic heterocycles. The predicted molar refractivity (Wildman–Crippen MR) is 76.3 cm³/mol. The molecule has 0 bridgehead atoms. The number of nitrogens with two attached hydrogens (primary N) is 1. The largest absolute Gasteiger partial charge is 0.380 e. The zero-order chi connectivity index (χ0) is 13.8. The van der Waals surface area contributed by atoms with Gasteiger partial charge in [-0.05, 0) is 31.2 Å². The maximum absolute atomic E-state index is 10.8. The molecule has 1 aromatic carbocycles. The van der Waals surface area contributed by atoms with Crippen LogP contribution in [0.2, 0.25) is 0 Å². The van der Waals surface area contributed by atoms with Crippen molar-refractivity contribution in [2.45, 2.75) is 38.6 Å². The first-order valence-corrected chi connectivity index (χ1v) is 6.83. The zero-order valence-electron chi connectivity index (χ0n) is 11.3. The molecule has 0 amide bonds. The average Bonchev–Trinajstić information content (AvgIpc) is 2.91. The summed E-state index contributed by atoms with van der Waals surface area (Å²) < 4.78 is 0. The van der Waals surface area contributed by atoms with Crippen molar-refractivity contribution in [1.29, 1.82) is 0 Å². The Morgan fingerprint density at radius 1 is 1.47 bits per heavy atom. The van der Waals surface area contributed by atoms with Gasteiger partial charge in [0.05, 0.1) is 4.92 Å². The average molecular weight is 263 g/mol. The molecule has 1 aliphatic carbocycles. The molecule has 3 N–H and O–H groups in total. The number of nitrogens with zero attached hydrogens (tertiary/aromatic N) is 1. The van der Waals surface area contributed by atoms with Gasteiger partial charge in [-0.25, -0.2) is 0 Å². The molecule has 0 saturated heterocycles. The van der Waals surface area contributed by atoms with Crippen LogP contribution in [-0.4, -0.2) is 17.5 Å². The minimum atomic E-state index is -0.363. The summed E-state index contributed by atoms with van der Waals surface area (Å²) in [7, 11) is 0. The summed E-state index contributed by atoms with van der Waals surface area (Å²) >= 11 is 0. The van der Waals surface area contributed by atoms with Gasteiger partial charge in [-0.3, -0.25) is 10.1 Å². The molecule has 19 heavy (non-hydrogen) atoms. The van der Waals surface area contributed by atoms with E-state index in [1.165, 1.54) is 31.7 Å². The van der Waals surface area contributed by atoms with Crippen LogP contribution in [0.5, 0.6) is 0 Å². The molecule has 1 aliphatic rings. The molecule has 0 heterocycles. The van der Waals surface area contributed by atoms with Crippen molar-refractivity contribution in [3.05, 3.63) is 33.9 Å². The van der Waals surface area contributed by atoms with Gasteiger partial charge in [0.1, 0.15) is 0 Å². The molecule has 2 rings (SSSR count). The standard InChI is InChI=1S/C14H21N3O2/c1-10-6-7-12(17(18)19)8-13(10)16-14(9-15)11-4-2-3-5-11/h6-8,11,14,16H,2-5,9,15H2,1H3. The summed E-state index contributed by atoms with van der Waals surface area (Å²) in [5, 5.41) is 14.2. The third-order valence-corrected chi connectivity index (χ3v) is 4.00. The Balaban J connectivity index is 2.15. The molecule has 1 atom stereocenters. The van der Waals surface area contributed by atoms with Crippen molar-refractivity contribution in [3.8, 4) is 0 Å². The number of hydrogen-bond acceptors (Lipinski definition) is 4. The number of nitro groups is 1. The van der Waals surface area contributed by atoms with E-state index in [1.807, 2.05) is 6.92 Å². The minimum Gasteiger partial charge on any atom is -0.380 e. The van der Waals surface area contributed by atoms with Gasteiger partial charge >= 0.3 is 0 Å². The van der Waals surface area contributed by atoms with Crippen LogP contribution in [0.3, 0.4) is 0 Å². The second-order valence-electron chi connectivity index (χ2n) is 5.29. The quantitative estimate of drug-likeness (QED) is 0.632. The first-order valence-electron chi connectivity index (χ1n) is 6.83. The van der Waals surface area contributed by atoms with Gasteiger partial charge in [0, 0.05) is 30.4 Å². The number of benzene rings is 1. The molecule has 5 heteroatoms. The molecule has 104 valence electrons. The summed E-state index contributed by atoms with van der Waals surface area (Å²) in [6.45, 7) is 2.51. The highest BCUT2D eigenvalue weighted by Crippen LogP contribution is 2.30. The summed E-state index contributed by atoms with van der Waals surface area (Å²) in [6.07, 6.45) is 4.92. The summed E-state index contributed by atoms with van der Waals surface area (Å²) in [6, 6.07) is 5.13. The van der Waals surface area contributed by atoms with E-state index in [9.17, 15) is 10.1 Å². The Hall–Kier alpha value is -1.62. The van der Waals surface area contributed by atoms with E-state index >= 15 is 0 Å². The molecule has 1 unspecified atom stereocenters. The monoisotopic (exact) mass is 263 g/mol. The van der Waals surface area contributed by atoms with Crippen LogP contribution in [0, 0.1) is 23.0 Å². The number of nitrogens with one attached hydrogen (secondary N) is 1. The van der Waals surface area contributed by atoms with Gasteiger partial charge in [-0.1, -0.05) is 18.9 Å². The third-order valence-electron chi connectivity index (χ3n) is 4.00. The summed E-state index contributed by atoms with van der Waals surface area (Å²) in [5.74, 6) is 0.587. The van der Waals surface area contributed by atoms with Gasteiger partial charge in [-0.2, -0.15) is 0 Å². The molecule has 1 fully saturated rings. The molecular formula is C14H21N3O2. The number of nitro benzene ring substituents is 1. The number of anilines is 1.